The molecular weight excluding hydrogens is 294 g/mol. The Hall–Kier alpha value is -1.52. The average Bonchev–Trinajstić information content (AvgIpc) is 2.80. The van der Waals surface area contributed by atoms with Crippen molar-refractivity contribution >= 4 is 5.82 Å². The van der Waals surface area contributed by atoms with Gasteiger partial charge in [-0.3, -0.25) is 4.57 Å². The van der Waals surface area contributed by atoms with E-state index in [-0.39, 0.29) is 12.4 Å². The van der Waals surface area contributed by atoms with E-state index in [0.717, 1.165) is 0 Å². The van der Waals surface area contributed by atoms with E-state index >= 15 is 0 Å². The van der Waals surface area contributed by atoms with E-state index in [1.54, 1.807) is 6.92 Å². The molecule has 0 amide bonds. The van der Waals surface area contributed by atoms with E-state index in [4.69, 9.17) is 19.9 Å². The Morgan fingerprint density at radius 3 is 2.86 bits per heavy atom. The quantitative estimate of drug-likeness (QED) is 0.536. The van der Waals surface area contributed by atoms with Gasteiger partial charge in [-0.1, -0.05) is 0 Å². The Bertz CT molecular complexity index is 563. The number of nitrogens with zero attached hydrogens (tertiary/aromatic N) is 2. The first-order chi connectivity index (χ1) is 10.5. The topological polar surface area (TPSA) is 129 Å². The second-order valence-corrected chi connectivity index (χ2v) is 5.07. The highest BCUT2D eigenvalue weighted by Gasteiger charge is 2.45. The fraction of sp³-hybridized carbons (Fsp3) is 0.692. The number of aromatic nitrogens is 2. The molecule has 1 saturated heterocycles. The van der Waals surface area contributed by atoms with Gasteiger partial charge in [-0.05, 0) is 6.92 Å². The van der Waals surface area contributed by atoms with E-state index in [1.165, 1.54) is 17.9 Å². The zero-order chi connectivity index (χ0) is 16.3. The van der Waals surface area contributed by atoms with Gasteiger partial charge in [-0.2, -0.15) is 4.98 Å². The van der Waals surface area contributed by atoms with Gasteiger partial charge in [0.05, 0.1) is 19.8 Å². The van der Waals surface area contributed by atoms with Crippen molar-refractivity contribution in [2.45, 2.75) is 31.5 Å². The minimum absolute atomic E-state index is 0.135. The molecule has 4 N–H and O–H groups in total. The van der Waals surface area contributed by atoms with Crippen LogP contribution in [0.25, 0.3) is 0 Å². The number of hydrogen-bond donors (Lipinski definition) is 3. The highest BCUT2D eigenvalue weighted by Crippen LogP contribution is 2.31. The zero-order valence-electron chi connectivity index (χ0n) is 12.5. The second kappa shape index (κ2) is 7.16. The molecule has 1 aliphatic rings. The number of aliphatic hydroxyl groups is 2. The number of rotatable bonds is 6. The van der Waals surface area contributed by atoms with Crippen LogP contribution in [0.15, 0.2) is 11.0 Å². The molecule has 0 radical (unpaired) electrons. The molecule has 0 spiro atoms. The summed E-state index contributed by atoms with van der Waals surface area (Å²) in [5, 5.41) is 19.5. The third-order valence-corrected chi connectivity index (χ3v) is 3.54. The number of ether oxygens (including phenoxy) is 3. The number of nitrogens with two attached hydrogens (primary N) is 1. The van der Waals surface area contributed by atoms with E-state index < -0.39 is 36.8 Å². The number of nitrogen functional groups attached to an aromatic ring is 1. The summed E-state index contributed by atoms with van der Waals surface area (Å²) in [6, 6.07) is 0. The predicted molar refractivity (Wildman–Crippen MR) is 76.3 cm³/mol. The van der Waals surface area contributed by atoms with Crippen molar-refractivity contribution in [3.63, 3.8) is 0 Å². The lowest BCUT2D eigenvalue weighted by Gasteiger charge is -2.22. The summed E-state index contributed by atoms with van der Waals surface area (Å²) < 4.78 is 17.2. The molecule has 1 aromatic rings. The van der Waals surface area contributed by atoms with Crippen LogP contribution in [0, 0.1) is 6.92 Å². The number of aryl methyl sites for hydroxylation is 1. The maximum absolute atomic E-state index is 12.0. The maximum Gasteiger partial charge on any atom is 0.351 e. The van der Waals surface area contributed by atoms with Crippen molar-refractivity contribution in [3.05, 3.63) is 22.2 Å². The van der Waals surface area contributed by atoms with Crippen LogP contribution in [-0.2, 0) is 14.2 Å². The SMILES string of the molecule is COCCO[C@H]1[C@H](O)[C@@H](CO)O[C@@H]1n1cc(C)c(N)nc1=O. The van der Waals surface area contributed by atoms with Crippen molar-refractivity contribution in [1.82, 2.24) is 9.55 Å². The molecule has 9 nitrogen and oxygen atoms in total. The molecule has 124 valence electrons. The van der Waals surface area contributed by atoms with Crippen LogP contribution in [0.1, 0.15) is 11.8 Å². The summed E-state index contributed by atoms with van der Waals surface area (Å²) in [7, 11) is 1.52. The minimum atomic E-state index is -1.07. The second-order valence-electron chi connectivity index (χ2n) is 5.07. The first kappa shape index (κ1) is 16.8. The third kappa shape index (κ3) is 3.28. The maximum atomic E-state index is 12.0. The molecule has 0 aliphatic carbocycles. The van der Waals surface area contributed by atoms with Crippen LogP contribution in [0.4, 0.5) is 5.82 Å². The molecule has 0 aromatic carbocycles. The number of aliphatic hydroxyl groups excluding tert-OH is 2. The number of anilines is 1. The van der Waals surface area contributed by atoms with Gasteiger partial charge in [-0.15, -0.1) is 0 Å². The highest BCUT2D eigenvalue weighted by molar-refractivity contribution is 5.35. The average molecular weight is 315 g/mol. The van der Waals surface area contributed by atoms with Crippen molar-refractivity contribution < 1.29 is 24.4 Å². The standard InChI is InChI=1S/C13H21N3O6/c1-7-5-16(13(19)15-11(7)14)12-10(21-4-3-20-2)9(18)8(6-17)22-12/h5,8-10,12,17-18H,3-4,6H2,1-2H3,(H2,14,15,19)/t8-,9-,10+,12+/m1/s1. The normalized spacial score (nSPS) is 28.2. The molecule has 1 aliphatic heterocycles. The molecule has 0 saturated carbocycles. The Morgan fingerprint density at radius 2 is 2.23 bits per heavy atom. The molecule has 2 heterocycles. The fourth-order valence-corrected chi connectivity index (χ4v) is 2.30. The first-order valence-electron chi connectivity index (χ1n) is 6.89. The summed E-state index contributed by atoms with van der Waals surface area (Å²) in [5.41, 5.74) is 5.59. The summed E-state index contributed by atoms with van der Waals surface area (Å²) in [6.45, 7) is 1.85. The zero-order valence-corrected chi connectivity index (χ0v) is 12.5. The summed E-state index contributed by atoms with van der Waals surface area (Å²) in [4.78, 5) is 15.7. The molecule has 0 bridgehead atoms. The van der Waals surface area contributed by atoms with E-state index in [1.807, 2.05) is 0 Å². The van der Waals surface area contributed by atoms with Crippen molar-refractivity contribution in [2.24, 2.45) is 0 Å². The Balaban J connectivity index is 2.29. The molecule has 4 atom stereocenters. The smallest absolute Gasteiger partial charge is 0.351 e. The summed E-state index contributed by atoms with van der Waals surface area (Å²) in [6.07, 6.45) is -2.15. The van der Waals surface area contributed by atoms with Crippen molar-refractivity contribution in [1.29, 1.82) is 0 Å². The molecule has 2 rings (SSSR count). The lowest BCUT2D eigenvalue weighted by atomic mass is 10.1. The number of hydrogen-bond acceptors (Lipinski definition) is 8. The van der Waals surface area contributed by atoms with Gasteiger partial charge < -0.3 is 30.2 Å². The van der Waals surface area contributed by atoms with Gasteiger partial charge >= 0.3 is 5.69 Å². The van der Waals surface area contributed by atoms with Crippen LogP contribution in [-0.4, -0.2) is 65.0 Å². The molecule has 22 heavy (non-hydrogen) atoms. The van der Waals surface area contributed by atoms with Crippen LogP contribution in [0.5, 0.6) is 0 Å². The Kier molecular flexibility index (Phi) is 5.48. The van der Waals surface area contributed by atoms with Crippen LogP contribution < -0.4 is 11.4 Å². The lowest BCUT2D eigenvalue weighted by Crippen LogP contribution is -2.39. The summed E-state index contributed by atoms with van der Waals surface area (Å²) >= 11 is 0. The van der Waals surface area contributed by atoms with Gasteiger partial charge in [0.15, 0.2) is 6.23 Å². The molecular formula is C13H21N3O6. The van der Waals surface area contributed by atoms with Gasteiger partial charge in [0.2, 0.25) is 0 Å². The van der Waals surface area contributed by atoms with Crippen LogP contribution in [0.3, 0.4) is 0 Å². The Morgan fingerprint density at radius 1 is 1.50 bits per heavy atom. The van der Waals surface area contributed by atoms with Crippen LogP contribution >= 0.6 is 0 Å². The highest BCUT2D eigenvalue weighted by atomic mass is 16.6. The molecule has 0 unspecified atom stereocenters. The molecule has 1 aromatic heterocycles. The van der Waals surface area contributed by atoms with Gasteiger partial charge in [0.1, 0.15) is 24.1 Å². The van der Waals surface area contributed by atoms with Crippen molar-refractivity contribution in [2.75, 3.05) is 32.7 Å². The largest absolute Gasteiger partial charge is 0.394 e. The van der Waals surface area contributed by atoms with Gasteiger partial charge in [0, 0.05) is 18.9 Å². The molecule has 9 heteroatoms. The number of methoxy groups -OCH3 is 1. The van der Waals surface area contributed by atoms with E-state index in [2.05, 4.69) is 4.98 Å². The Labute approximate surface area is 127 Å². The van der Waals surface area contributed by atoms with Gasteiger partial charge in [-0.25, -0.2) is 4.79 Å². The van der Waals surface area contributed by atoms with Gasteiger partial charge in [0.25, 0.3) is 0 Å². The first-order valence-corrected chi connectivity index (χ1v) is 6.89. The van der Waals surface area contributed by atoms with E-state index in [9.17, 15) is 15.0 Å². The monoisotopic (exact) mass is 315 g/mol. The third-order valence-electron chi connectivity index (χ3n) is 3.54. The molecule has 1 fully saturated rings. The minimum Gasteiger partial charge on any atom is -0.394 e. The predicted octanol–water partition coefficient (Wildman–Crippen LogP) is -1.58. The lowest BCUT2D eigenvalue weighted by molar-refractivity contribution is -0.0819. The summed E-state index contributed by atoms with van der Waals surface area (Å²) in [5.74, 6) is 0.135. The van der Waals surface area contributed by atoms with E-state index in [0.29, 0.717) is 12.2 Å². The van der Waals surface area contributed by atoms with Crippen molar-refractivity contribution in [3.8, 4) is 0 Å². The van der Waals surface area contributed by atoms with Crippen LogP contribution in [0.2, 0.25) is 0 Å². The fourth-order valence-electron chi connectivity index (χ4n) is 2.30.